The van der Waals surface area contributed by atoms with Crippen LogP contribution in [0.15, 0.2) is 30.5 Å². The summed E-state index contributed by atoms with van der Waals surface area (Å²) in [6.07, 6.45) is 1.88. The quantitative estimate of drug-likeness (QED) is 0.880. The minimum Gasteiger partial charge on any atom is -0.338 e. The summed E-state index contributed by atoms with van der Waals surface area (Å²) in [5.74, 6) is 1.20. The molecule has 138 valence electrons. The van der Waals surface area contributed by atoms with E-state index in [9.17, 15) is 4.79 Å². The number of likely N-dealkylation sites (tertiary alicyclic amines) is 1. The first-order chi connectivity index (χ1) is 12.3. The van der Waals surface area contributed by atoms with Crippen molar-refractivity contribution in [3.05, 3.63) is 41.0 Å². The van der Waals surface area contributed by atoms with E-state index in [4.69, 9.17) is 16.7 Å². The maximum atomic E-state index is 13.3. The summed E-state index contributed by atoms with van der Waals surface area (Å²) in [6, 6.07) is 7.59. The molecule has 0 unspecified atom stereocenters. The third-order valence-electron chi connectivity index (χ3n) is 5.44. The van der Waals surface area contributed by atoms with Crippen molar-refractivity contribution in [2.75, 3.05) is 26.2 Å². The van der Waals surface area contributed by atoms with E-state index >= 15 is 0 Å². The van der Waals surface area contributed by atoms with Crippen LogP contribution in [0.5, 0.6) is 0 Å². The van der Waals surface area contributed by atoms with Crippen molar-refractivity contribution in [2.45, 2.75) is 26.3 Å². The number of halogens is 1. The van der Waals surface area contributed by atoms with Crippen LogP contribution < -0.4 is 5.32 Å². The molecule has 26 heavy (non-hydrogen) atoms. The van der Waals surface area contributed by atoms with E-state index in [1.165, 1.54) is 0 Å². The Morgan fingerprint density at radius 2 is 1.85 bits per heavy atom. The van der Waals surface area contributed by atoms with E-state index in [-0.39, 0.29) is 11.4 Å². The lowest BCUT2D eigenvalue weighted by Crippen LogP contribution is -2.32. The number of carbonyl (C=O) groups excluding carboxylic acids is 1. The minimum absolute atomic E-state index is 0.0600. The number of rotatable bonds is 2. The van der Waals surface area contributed by atoms with E-state index < -0.39 is 0 Å². The van der Waals surface area contributed by atoms with Crippen LogP contribution in [0.3, 0.4) is 0 Å². The Hall–Kier alpha value is -1.85. The van der Waals surface area contributed by atoms with Gasteiger partial charge in [0.15, 0.2) is 0 Å². The summed E-state index contributed by atoms with van der Waals surface area (Å²) in [7, 11) is 0. The number of benzene rings is 1. The van der Waals surface area contributed by atoms with E-state index in [1.807, 2.05) is 40.0 Å². The zero-order chi connectivity index (χ0) is 18.5. The predicted molar refractivity (Wildman–Crippen MR) is 103 cm³/mol. The SMILES string of the molecule is CC(C)(C)n1cc(C(=O)N2C[C@H]3CNC[C@H]3C2)c(-c2ccccc2Cl)n1. The molecule has 5 nitrogen and oxygen atoms in total. The Morgan fingerprint density at radius 3 is 2.46 bits per heavy atom. The lowest BCUT2D eigenvalue weighted by Gasteiger charge is -2.19. The molecule has 3 heterocycles. The number of nitrogens with one attached hydrogen (secondary N) is 1. The van der Waals surface area contributed by atoms with Gasteiger partial charge in [-0.25, -0.2) is 0 Å². The maximum Gasteiger partial charge on any atom is 0.257 e. The highest BCUT2D eigenvalue weighted by atomic mass is 35.5. The molecule has 0 saturated carbocycles. The summed E-state index contributed by atoms with van der Waals surface area (Å²) < 4.78 is 1.87. The van der Waals surface area contributed by atoms with Crippen LogP contribution in [0.2, 0.25) is 5.02 Å². The van der Waals surface area contributed by atoms with E-state index in [0.717, 1.165) is 31.7 Å². The summed E-state index contributed by atoms with van der Waals surface area (Å²) in [5, 5.41) is 8.78. The molecule has 2 aromatic rings. The van der Waals surface area contributed by atoms with E-state index in [2.05, 4.69) is 26.1 Å². The summed E-state index contributed by atoms with van der Waals surface area (Å²) >= 11 is 6.41. The highest BCUT2D eigenvalue weighted by Crippen LogP contribution is 2.33. The molecule has 0 aliphatic carbocycles. The lowest BCUT2D eigenvalue weighted by atomic mass is 10.0. The third kappa shape index (κ3) is 3.03. The Morgan fingerprint density at radius 1 is 1.19 bits per heavy atom. The number of nitrogens with zero attached hydrogens (tertiary/aromatic N) is 3. The van der Waals surface area contributed by atoms with Gasteiger partial charge in [-0.05, 0) is 38.7 Å². The normalized spacial score (nSPS) is 22.7. The Labute approximate surface area is 159 Å². The molecule has 4 rings (SSSR count). The van der Waals surface area contributed by atoms with Crippen molar-refractivity contribution in [3.8, 4) is 11.3 Å². The van der Waals surface area contributed by atoms with Crippen LogP contribution >= 0.6 is 11.6 Å². The van der Waals surface area contributed by atoms with Crippen LogP contribution in [0, 0.1) is 11.8 Å². The van der Waals surface area contributed by atoms with Crippen molar-refractivity contribution >= 4 is 17.5 Å². The molecule has 1 aromatic heterocycles. The van der Waals surface area contributed by atoms with Gasteiger partial charge >= 0.3 is 0 Å². The van der Waals surface area contributed by atoms with Gasteiger partial charge in [-0.3, -0.25) is 9.48 Å². The number of hydrogen-bond acceptors (Lipinski definition) is 3. The molecule has 1 aromatic carbocycles. The minimum atomic E-state index is -0.208. The van der Waals surface area contributed by atoms with Gasteiger partial charge in [0.25, 0.3) is 5.91 Å². The van der Waals surface area contributed by atoms with Crippen molar-refractivity contribution in [2.24, 2.45) is 11.8 Å². The molecule has 2 fully saturated rings. The zero-order valence-corrected chi connectivity index (χ0v) is 16.3. The molecular formula is C20H25ClN4O. The molecule has 2 saturated heterocycles. The number of aromatic nitrogens is 2. The molecule has 2 aliphatic heterocycles. The zero-order valence-electron chi connectivity index (χ0n) is 15.5. The smallest absolute Gasteiger partial charge is 0.257 e. The fourth-order valence-corrected chi connectivity index (χ4v) is 4.14. The summed E-state index contributed by atoms with van der Waals surface area (Å²) in [5.41, 5.74) is 1.91. The fourth-order valence-electron chi connectivity index (χ4n) is 3.92. The Balaban J connectivity index is 1.74. The average molecular weight is 373 g/mol. The van der Waals surface area contributed by atoms with Gasteiger partial charge in [-0.15, -0.1) is 0 Å². The van der Waals surface area contributed by atoms with Crippen molar-refractivity contribution < 1.29 is 4.79 Å². The highest BCUT2D eigenvalue weighted by Gasteiger charge is 2.39. The molecule has 1 N–H and O–H groups in total. The predicted octanol–water partition coefficient (Wildman–Crippen LogP) is 3.25. The first-order valence-electron chi connectivity index (χ1n) is 9.19. The molecular weight excluding hydrogens is 348 g/mol. The van der Waals surface area contributed by atoms with Gasteiger partial charge in [0, 0.05) is 37.9 Å². The van der Waals surface area contributed by atoms with Crippen molar-refractivity contribution in [1.29, 1.82) is 0 Å². The second kappa shape index (κ2) is 6.39. The largest absolute Gasteiger partial charge is 0.338 e. The van der Waals surface area contributed by atoms with Crippen LogP contribution in [-0.4, -0.2) is 46.8 Å². The lowest BCUT2D eigenvalue weighted by molar-refractivity contribution is 0.0782. The molecule has 2 atom stereocenters. The molecule has 0 radical (unpaired) electrons. The molecule has 1 amide bonds. The van der Waals surface area contributed by atoms with Crippen LogP contribution in [-0.2, 0) is 5.54 Å². The van der Waals surface area contributed by atoms with Crippen molar-refractivity contribution in [3.63, 3.8) is 0 Å². The second-order valence-corrected chi connectivity index (χ2v) is 8.78. The molecule has 2 aliphatic rings. The number of amides is 1. The fraction of sp³-hybridized carbons (Fsp3) is 0.500. The van der Waals surface area contributed by atoms with Crippen molar-refractivity contribution in [1.82, 2.24) is 20.0 Å². The number of hydrogen-bond donors (Lipinski definition) is 1. The molecule has 0 bridgehead atoms. The van der Waals surface area contributed by atoms with Gasteiger partial charge < -0.3 is 10.2 Å². The van der Waals surface area contributed by atoms with Gasteiger partial charge in [-0.1, -0.05) is 29.8 Å². The van der Waals surface area contributed by atoms with Crippen LogP contribution in [0.1, 0.15) is 31.1 Å². The highest BCUT2D eigenvalue weighted by molar-refractivity contribution is 6.33. The van der Waals surface area contributed by atoms with Gasteiger partial charge in [0.1, 0.15) is 5.69 Å². The van der Waals surface area contributed by atoms with Gasteiger partial charge in [0.2, 0.25) is 0 Å². The molecule has 6 heteroatoms. The Kier molecular flexibility index (Phi) is 4.32. The Bertz CT molecular complexity index is 827. The first kappa shape index (κ1) is 17.6. The summed E-state index contributed by atoms with van der Waals surface area (Å²) in [6.45, 7) is 9.89. The average Bonchev–Trinajstić information content (AvgIpc) is 3.28. The third-order valence-corrected chi connectivity index (χ3v) is 5.77. The van der Waals surface area contributed by atoms with E-state index in [1.54, 1.807) is 0 Å². The van der Waals surface area contributed by atoms with Crippen LogP contribution in [0.4, 0.5) is 0 Å². The number of carbonyl (C=O) groups is 1. The standard InChI is InChI=1S/C20H25ClN4O/c1-20(2,3)25-12-16(18(23-25)15-6-4-5-7-17(15)21)19(26)24-10-13-8-22-9-14(13)11-24/h4-7,12-14,22H,8-11H2,1-3H3/t13-,14+. The first-order valence-corrected chi connectivity index (χ1v) is 9.57. The van der Waals surface area contributed by atoms with Crippen LogP contribution in [0.25, 0.3) is 11.3 Å². The van der Waals surface area contributed by atoms with Gasteiger partial charge in [-0.2, -0.15) is 5.10 Å². The van der Waals surface area contributed by atoms with Gasteiger partial charge in [0.05, 0.1) is 16.1 Å². The monoisotopic (exact) mass is 372 g/mol. The summed E-state index contributed by atoms with van der Waals surface area (Å²) in [4.78, 5) is 15.3. The molecule has 0 spiro atoms. The number of fused-ring (bicyclic) bond motifs is 1. The topological polar surface area (TPSA) is 50.2 Å². The van der Waals surface area contributed by atoms with E-state index in [0.29, 0.717) is 28.1 Å². The second-order valence-electron chi connectivity index (χ2n) is 8.38. The maximum absolute atomic E-state index is 13.3.